The molecule has 0 aliphatic rings. The normalized spacial score (nSPS) is 10.8. The zero-order chi connectivity index (χ0) is 15.0. The number of nitrogens with zero attached hydrogens (tertiary/aromatic N) is 4. The highest BCUT2D eigenvalue weighted by Gasteiger charge is 2.18. The summed E-state index contributed by atoms with van der Waals surface area (Å²) < 4.78 is 5.57. The lowest BCUT2D eigenvalue weighted by Gasteiger charge is -2.07. The van der Waals surface area contributed by atoms with Gasteiger partial charge in [0.2, 0.25) is 16.9 Å². The topological polar surface area (TPSA) is 107 Å². The average Bonchev–Trinajstić information content (AvgIpc) is 2.86. The molecular weight excluding hydrogens is 298 g/mol. The lowest BCUT2D eigenvalue weighted by Crippen LogP contribution is -1.96. The smallest absolute Gasteiger partial charge is 0.311 e. The second-order valence-corrected chi connectivity index (χ2v) is 4.60. The standard InChI is InChI=1S/C12H8ClN5O3/c1-6-2-3-8(18(19)20)9(4-6)21-11-7-5-14-17-10(7)15-12(13)16-11/h2-5H,1H3,(H,14,15,16,17). The summed E-state index contributed by atoms with van der Waals surface area (Å²) in [5.41, 5.74) is 1.05. The molecule has 0 saturated carbocycles. The van der Waals surface area contributed by atoms with Crippen LogP contribution in [-0.2, 0) is 0 Å². The highest BCUT2D eigenvalue weighted by Crippen LogP contribution is 2.34. The minimum Gasteiger partial charge on any atom is -0.431 e. The zero-order valence-corrected chi connectivity index (χ0v) is 11.5. The fourth-order valence-electron chi connectivity index (χ4n) is 1.82. The Morgan fingerprint density at radius 2 is 2.19 bits per heavy atom. The first-order valence-electron chi connectivity index (χ1n) is 5.84. The van der Waals surface area contributed by atoms with Gasteiger partial charge in [0, 0.05) is 6.07 Å². The van der Waals surface area contributed by atoms with Crippen LogP contribution < -0.4 is 4.74 Å². The molecule has 1 N–H and O–H groups in total. The van der Waals surface area contributed by atoms with Gasteiger partial charge in [-0.15, -0.1) is 0 Å². The Hall–Kier alpha value is -2.74. The van der Waals surface area contributed by atoms with Gasteiger partial charge in [-0.05, 0) is 30.2 Å². The number of aryl methyl sites for hydroxylation is 1. The number of halogens is 1. The highest BCUT2D eigenvalue weighted by molar-refractivity contribution is 6.28. The number of ether oxygens (including phenoxy) is 1. The second-order valence-electron chi connectivity index (χ2n) is 4.26. The number of nitro groups is 1. The predicted molar refractivity (Wildman–Crippen MR) is 74.6 cm³/mol. The number of hydrogen-bond donors (Lipinski definition) is 1. The summed E-state index contributed by atoms with van der Waals surface area (Å²) in [6.07, 6.45) is 1.46. The second kappa shape index (κ2) is 4.98. The van der Waals surface area contributed by atoms with Crippen molar-refractivity contribution < 1.29 is 9.66 Å². The summed E-state index contributed by atoms with van der Waals surface area (Å²) in [5, 5.41) is 17.9. The molecule has 9 heteroatoms. The molecule has 0 fully saturated rings. The molecule has 3 rings (SSSR count). The Balaban J connectivity index is 2.12. The van der Waals surface area contributed by atoms with E-state index < -0.39 is 4.92 Å². The van der Waals surface area contributed by atoms with E-state index in [0.717, 1.165) is 5.56 Å². The summed E-state index contributed by atoms with van der Waals surface area (Å²) in [6, 6.07) is 4.56. The van der Waals surface area contributed by atoms with Crippen LogP contribution in [0.25, 0.3) is 11.0 Å². The van der Waals surface area contributed by atoms with Gasteiger partial charge in [-0.2, -0.15) is 15.1 Å². The maximum absolute atomic E-state index is 11.1. The van der Waals surface area contributed by atoms with Crippen molar-refractivity contribution in [1.29, 1.82) is 0 Å². The van der Waals surface area contributed by atoms with Crippen molar-refractivity contribution in [2.45, 2.75) is 6.92 Å². The van der Waals surface area contributed by atoms with Gasteiger partial charge < -0.3 is 4.74 Å². The van der Waals surface area contributed by atoms with Gasteiger partial charge in [0.25, 0.3) is 0 Å². The van der Waals surface area contributed by atoms with Gasteiger partial charge in [0.05, 0.1) is 11.1 Å². The van der Waals surface area contributed by atoms with Crippen molar-refractivity contribution in [1.82, 2.24) is 20.2 Å². The Morgan fingerprint density at radius 3 is 2.95 bits per heavy atom. The number of rotatable bonds is 3. The fourth-order valence-corrected chi connectivity index (χ4v) is 1.98. The zero-order valence-electron chi connectivity index (χ0n) is 10.7. The first kappa shape index (κ1) is 13.3. The average molecular weight is 306 g/mol. The van der Waals surface area contributed by atoms with E-state index in [1.165, 1.54) is 12.3 Å². The summed E-state index contributed by atoms with van der Waals surface area (Å²) in [5.74, 6) is 0.185. The Kier molecular flexibility index (Phi) is 3.15. The number of benzene rings is 1. The summed E-state index contributed by atoms with van der Waals surface area (Å²) in [6.45, 7) is 1.80. The number of hydrogen-bond acceptors (Lipinski definition) is 6. The van der Waals surface area contributed by atoms with E-state index in [-0.39, 0.29) is 22.6 Å². The van der Waals surface area contributed by atoms with Crippen LogP contribution in [0.2, 0.25) is 5.28 Å². The largest absolute Gasteiger partial charge is 0.431 e. The quantitative estimate of drug-likeness (QED) is 0.453. The molecule has 0 aliphatic heterocycles. The van der Waals surface area contributed by atoms with Crippen LogP contribution in [0, 0.1) is 17.0 Å². The van der Waals surface area contributed by atoms with Gasteiger partial charge >= 0.3 is 5.69 Å². The number of nitrogens with one attached hydrogen (secondary N) is 1. The van der Waals surface area contributed by atoms with Gasteiger partial charge in [-0.1, -0.05) is 6.07 Å². The molecule has 106 valence electrons. The van der Waals surface area contributed by atoms with Gasteiger partial charge in [-0.25, -0.2) is 0 Å². The van der Waals surface area contributed by atoms with Crippen molar-refractivity contribution in [3.63, 3.8) is 0 Å². The molecule has 0 atom stereocenters. The Morgan fingerprint density at radius 1 is 1.38 bits per heavy atom. The Bertz CT molecular complexity index is 848. The molecule has 0 aliphatic carbocycles. The first-order valence-corrected chi connectivity index (χ1v) is 6.22. The number of aromatic amines is 1. The van der Waals surface area contributed by atoms with Gasteiger partial charge in [0.15, 0.2) is 5.65 Å². The molecule has 0 unspecified atom stereocenters. The van der Waals surface area contributed by atoms with Crippen molar-refractivity contribution in [3.8, 4) is 11.6 Å². The first-order chi connectivity index (χ1) is 10.0. The monoisotopic (exact) mass is 305 g/mol. The van der Waals surface area contributed by atoms with Crippen molar-refractivity contribution in [2.24, 2.45) is 0 Å². The minimum absolute atomic E-state index is 0.0444. The van der Waals surface area contributed by atoms with Crippen LogP contribution in [0.5, 0.6) is 11.6 Å². The summed E-state index contributed by atoms with van der Waals surface area (Å²) in [7, 11) is 0. The molecular formula is C12H8ClN5O3. The molecule has 0 amide bonds. The molecule has 2 aromatic heterocycles. The van der Waals surface area contributed by atoms with Crippen molar-refractivity contribution in [3.05, 3.63) is 45.4 Å². The summed E-state index contributed by atoms with van der Waals surface area (Å²) >= 11 is 5.80. The maximum atomic E-state index is 11.1. The van der Waals surface area contributed by atoms with E-state index in [4.69, 9.17) is 16.3 Å². The SMILES string of the molecule is Cc1ccc([N+](=O)[O-])c(Oc2nc(Cl)nc3[nH]ncc23)c1. The van der Waals surface area contributed by atoms with E-state index >= 15 is 0 Å². The van der Waals surface area contributed by atoms with Gasteiger partial charge in [-0.3, -0.25) is 15.2 Å². The molecule has 0 bridgehead atoms. The molecule has 3 aromatic rings. The van der Waals surface area contributed by atoms with Crippen LogP contribution in [0.15, 0.2) is 24.4 Å². The van der Waals surface area contributed by atoms with E-state index in [2.05, 4.69) is 20.2 Å². The third-order valence-electron chi connectivity index (χ3n) is 2.77. The molecule has 2 heterocycles. The molecule has 21 heavy (non-hydrogen) atoms. The molecule has 1 aromatic carbocycles. The Labute approximate surface area is 122 Å². The van der Waals surface area contributed by atoms with Crippen LogP contribution >= 0.6 is 11.6 Å². The van der Waals surface area contributed by atoms with E-state index in [0.29, 0.717) is 11.0 Å². The predicted octanol–water partition coefficient (Wildman–Crippen LogP) is 3.02. The third-order valence-corrected chi connectivity index (χ3v) is 2.94. The number of H-pyrrole nitrogens is 1. The van der Waals surface area contributed by atoms with E-state index in [9.17, 15) is 10.1 Å². The molecule has 0 spiro atoms. The van der Waals surface area contributed by atoms with E-state index in [1.807, 2.05) is 0 Å². The van der Waals surface area contributed by atoms with Crippen molar-refractivity contribution >= 4 is 28.3 Å². The fraction of sp³-hybridized carbons (Fsp3) is 0.0833. The number of aromatic nitrogens is 4. The van der Waals surface area contributed by atoms with Crippen LogP contribution in [0.1, 0.15) is 5.56 Å². The lowest BCUT2D eigenvalue weighted by molar-refractivity contribution is -0.385. The van der Waals surface area contributed by atoms with Crippen LogP contribution in [0.4, 0.5) is 5.69 Å². The molecule has 0 radical (unpaired) electrons. The highest BCUT2D eigenvalue weighted by atomic mass is 35.5. The lowest BCUT2D eigenvalue weighted by atomic mass is 10.2. The maximum Gasteiger partial charge on any atom is 0.311 e. The molecule has 0 saturated heterocycles. The molecule has 8 nitrogen and oxygen atoms in total. The minimum atomic E-state index is -0.524. The van der Waals surface area contributed by atoms with E-state index in [1.54, 1.807) is 19.1 Å². The van der Waals surface area contributed by atoms with Crippen LogP contribution in [-0.4, -0.2) is 25.1 Å². The third kappa shape index (κ3) is 2.48. The summed E-state index contributed by atoms with van der Waals surface area (Å²) in [4.78, 5) is 18.4. The van der Waals surface area contributed by atoms with Gasteiger partial charge in [0.1, 0.15) is 5.39 Å². The number of fused-ring (bicyclic) bond motifs is 1. The van der Waals surface area contributed by atoms with Crippen LogP contribution in [0.3, 0.4) is 0 Å². The number of nitro benzene ring substituents is 1. The van der Waals surface area contributed by atoms with Crippen molar-refractivity contribution in [2.75, 3.05) is 0 Å².